The molecule has 0 saturated carbocycles. The molecule has 3 heterocycles. The fourth-order valence-corrected chi connectivity index (χ4v) is 2.19. The van der Waals surface area contributed by atoms with Crippen molar-refractivity contribution in [1.29, 1.82) is 0 Å². The number of fused-ring (bicyclic) bond motifs is 1. The molecule has 0 amide bonds. The lowest BCUT2D eigenvalue weighted by molar-refractivity contribution is 1.01. The van der Waals surface area contributed by atoms with E-state index in [1.54, 1.807) is 6.20 Å². The van der Waals surface area contributed by atoms with Gasteiger partial charge in [0.05, 0.1) is 17.6 Å². The normalized spacial score (nSPS) is 10.8. The number of anilines is 1. The highest BCUT2D eigenvalue weighted by atomic mass is 15.2. The third-order valence-corrected chi connectivity index (χ3v) is 3.02. The third kappa shape index (κ3) is 2.27. The Morgan fingerprint density at radius 2 is 2.16 bits per heavy atom. The molecule has 0 saturated heterocycles. The maximum atomic E-state index is 4.44. The SMILES string of the molecule is Cc1cc(C)c2c(NCc3ccccn3)n[nH]c2n1. The van der Waals surface area contributed by atoms with Crippen molar-refractivity contribution in [2.24, 2.45) is 0 Å². The van der Waals surface area contributed by atoms with Crippen LogP contribution in [0.15, 0.2) is 30.5 Å². The van der Waals surface area contributed by atoms with Crippen molar-refractivity contribution >= 4 is 16.9 Å². The van der Waals surface area contributed by atoms with Gasteiger partial charge >= 0.3 is 0 Å². The van der Waals surface area contributed by atoms with E-state index < -0.39 is 0 Å². The van der Waals surface area contributed by atoms with E-state index in [4.69, 9.17) is 0 Å². The Morgan fingerprint density at radius 3 is 2.95 bits per heavy atom. The molecule has 3 aromatic rings. The molecule has 0 fully saturated rings. The number of aromatic amines is 1. The second-order valence-corrected chi connectivity index (χ2v) is 4.55. The average Bonchev–Trinajstić information content (AvgIpc) is 2.81. The first kappa shape index (κ1) is 11.6. The Hall–Kier alpha value is -2.43. The molecule has 0 atom stereocenters. The molecular formula is C14H15N5. The second kappa shape index (κ2) is 4.68. The van der Waals surface area contributed by atoms with Crippen LogP contribution in [0.4, 0.5) is 5.82 Å². The lowest BCUT2D eigenvalue weighted by Gasteiger charge is -2.04. The van der Waals surface area contributed by atoms with E-state index in [0.29, 0.717) is 6.54 Å². The van der Waals surface area contributed by atoms with Crippen molar-refractivity contribution in [3.05, 3.63) is 47.4 Å². The van der Waals surface area contributed by atoms with Crippen LogP contribution in [0.3, 0.4) is 0 Å². The molecule has 0 aliphatic carbocycles. The van der Waals surface area contributed by atoms with Crippen LogP contribution in [0, 0.1) is 13.8 Å². The van der Waals surface area contributed by atoms with E-state index in [1.165, 1.54) is 5.56 Å². The van der Waals surface area contributed by atoms with Gasteiger partial charge in [-0.1, -0.05) is 6.07 Å². The molecule has 0 unspecified atom stereocenters. The molecule has 0 aromatic carbocycles. The number of aryl methyl sites for hydroxylation is 2. The van der Waals surface area contributed by atoms with Gasteiger partial charge in [-0.05, 0) is 37.6 Å². The van der Waals surface area contributed by atoms with Crippen LogP contribution in [0.25, 0.3) is 11.0 Å². The molecule has 3 rings (SSSR count). The first-order valence-corrected chi connectivity index (χ1v) is 6.20. The number of aromatic nitrogens is 4. The average molecular weight is 253 g/mol. The quantitative estimate of drug-likeness (QED) is 0.753. The molecule has 0 aliphatic rings. The number of H-pyrrole nitrogens is 1. The zero-order valence-electron chi connectivity index (χ0n) is 10.9. The van der Waals surface area contributed by atoms with Gasteiger partial charge in [0.15, 0.2) is 11.5 Å². The summed E-state index contributed by atoms with van der Waals surface area (Å²) in [6.07, 6.45) is 1.79. The Bertz CT molecular complexity index is 702. The summed E-state index contributed by atoms with van der Waals surface area (Å²) in [5.74, 6) is 0.825. The zero-order chi connectivity index (χ0) is 13.2. The number of rotatable bonds is 3. The minimum Gasteiger partial charge on any atom is -0.362 e. The van der Waals surface area contributed by atoms with Gasteiger partial charge in [0.1, 0.15) is 0 Å². The lowest BCUT2D eigenvalue weighted by Crippen LogP contribution is -2.02. The summed E-state index contributed by atoms with van der Waals surface area (Å²) in [7, 11) is 0. The highest BCUT2D eigenvalue weighted by Crippen LogP contribution is 2.23. The molecule has 3 aromatic heterocycles. The van der Waals surface area contributed by atoms with E-state index in [1.807, 2.05) is 25.1 Å². The standard InChI is InChI=1S/C14H15N5/c1-9-7-10(2)17-14-12(9)13(18-19-14)16-8-11-5-3-4-6-15-11/h3-7H,8H2,1-2H3,(H2,16,17,18,19). The molecule has 0 bridgehead atoms. The highest BCUT2D eigenvalue weighted by molar-refractivity contribution is 5.90. The fraction of sp³-hybridized carbons (Fsp3) is 0.214. The Kier molecular flexibility index (Phi) is 2.87. The van der Waals surface area contributed by atoms with Crippen molar-refractivity contribution in [2.75, 3.05) is 5.32 Å². The molecule has 5 nitrogen and oxygen atoms in total. The van der Waals surface area contributed by atoms with Crippen LogP contribution in [-0.2, 0) is 6.54 Å². The summed E-state index contributed by atoms with van der Waals surface area (Å²) in [5.41, 5.74) is 3.96. The van der Waals surface area contributed by atoms with Crippen molar-refractivity contribution in [1.82, 2.24) is 20.2 Å². The summed E-state index contributed by atoms with van der Waals surface area (Å²) in [4.78, 5) is 8.72. The first-order chi connectivity index (χ1) is 9.24. The van der Waals surface area contributed by atoms with Crippen LogP contribution in [0.5, 0.6) is 0 Å². The Morgan fingerprint density at radius 1 is 1.26 bits per heavy atom. The van der Waals surface area contributed by atoms with Crippen molar-refractivity contribution in [2.45, 2.75) is 20.4 Å². The van der Waals surface area contributed by atoms with E-state index in [0.717, 1.165) is 28.2 Å². The van der Waals surface area contributed by atoms with Gasteiger partial charge in [-0.25, -0.2) is 4.98 Å². The predicted octanol–water partition coefficient (Wildman–Crippen LogP) is 2.58. The number of hydrogen-bond donors (Lipinski definition) is 2. The number of nitrogens with one attached hydrogen (secondary N) is 2. The second-order valence-electron chi connectivity index (χ2n) is 4.55. The summed E-state index contributed by atoms with van der Waals surface area (Å²) >= 11 is 0. The maximum Gasteiger partial charge on any atom is 0.158 e. The van der Waals surface area contributed by atoms with Crippen LogP contribution >= 0.6 is 0 Å². The van der Waals surface area contributed by atoms with Gasteiger partial charge in [0, 0.05) is 11.9 Å². The number of nitrogens with zero attached hydrogens (tertiary/aromatic N) is 3. The molecular weight excluding hydrogens is 238 g/mol. The van der Waals surface area contributed by atoms with Crippen LogP contribution in [0.2, 0.25) is 0 Å². The van der Waals surface area contributed by atoms with Crippen LogP contribution < -0.4 is 5.32 Å². The molecule has 96 valence electrons. The minimum absolute atomic E-state index is 0.647. The van der Waals surface area contributed by atoms with Gasteiger partial charge in [-0.3, -0.25) is 10.1 Å². The van der Waals surface area contributed by atoms with E-state index in [2.05, 4.69) is 38.5 Å². The number of hydrogen-bond acceptors (Lipinski definition) is 4. The molecule has 0 radical (unpaired) electrons. The van der Waals surface area contributed by atoms with Crippen molar-refractivity contribution in [3.8, 4) is 0 Å². The lowest BCUT2D eigenvalue weighted by atomic mass is 10.2. The smallest absolute Gasteiger partial charge is 0.158 e. The highest BCUT2D eigenvalue weighted by Gasteiger charge is 2.09. The van der Waals surface area contributed by atoms with Crippen molar-refractivity contribution in [3.63, 3.8) is 0 Å². The molecule has 19 heavy (non-hydrogen) atoms. The van der Waals surface area contributed by atoms with Gasteiger partial charge in [0.2, 0.25) is 0 Å². The number of pyridine rings is 2. The Balaban J connectivity index is 1.90. The third-order valence-electron chi connectivity index (χ3n) is 3.02. The van der Waals surface area contributed by atoms with Crippen LogP contribution in [-0.4, -0.2) is 20.2 Å². The molecule has 0 aliphatic heterocycles. The van der Waals surface area contributed by atoms with E-state index in [9.17, 15) is 0 Å². The van der Waals surface area contributed by atoms with Gasteiger partial charge in [-0.15, -0.1) is 0 Å². The van der Waals surface area contributed by atoms with Crippen LogP contribution in [0.1, 0.15) is 17.0 Å². The van der Waals surface area contributed by atoms with Crippen molar-refractivity contribution < 1.29 is 0 Å². The van der Waals surface area contributed by atoms with Gasteiger partial charge in [0.25, 0.3) is 0 Å². The summed E-state index contributed by atoms with van der Waals surface area (Å²) in [5, 5.41) is 11.6. The van der Waals surface area contributed by atoms with E-state index in [-0.39, 0.29) is 0 Å². The topological polar surface area (TPSA) is 66.5 Å². The summed E-state index contributed by atoms with van der Waals surface area (Å²) < 4.78 is 0. The fourth-order valence-electron chi connectivity index (χ4n) is 2.19. The monoisotopic (exact) mass is 253 g/mol. The van der Waals surface area contributed by atoms with E-state index >= 15 is 0 Å². The Labute approximate surface area is 111 Å². The van der Waals surface area contributed by atoms with Gasteiger partial charge in [-0.2, -0.15) is 5.10 Å². The maximum absolute atomic E-state index is 4.44. The minimum atomic E-state index is 0.647. The predicted molar refractivity (Wildman–Crippen MR) is 74.9 cm³/mol. The summed E-state index contributed by atoms with van der Waals surface area (Å²) in [6.45, 7) is 4.70. The van der Waals surface area contributed by atoms with Gasteiger partial charge < -0.3 is 5.32 Å². The first-order valence-electron chi connectivity index (χ1n) is 6.20. The molecule has 0 spiro atoms. The largest absolute Gasteiger partial charge is 0.362 e. The zero-order valence-corrected chi connectivity index (χ0v) is 10.9. The molecule has 5 heteroatoms. The summed E-state index contributed by atoms with van der Waals surface area (Å²) in [6, 6.07) is 7.92. The molecule has 2 N–H and O–H groups in total.